The average Bonchev–Trinajstić information content (AvgIpc) is 3.51. The fourth-order valence-corrected chi connectivity index (χ4v) is 5.45. The van der Waals surface area contributed by atoms with E-state index in [0.29, 0.717) is 40.7 Å². The monoisotopic (exact) mass is 592 g/mol. The first-order valence-electron chi connectivity index (χ1n) is 13.3. The number of rotatable bonds is 12. The number of aliphatic hydroxyl groups excluding tert-OH is 1. The van der Waals surface area contributed by atoms with Crippen LogP contribution in [0.15, 0.2) is 60.7 Å². The molecular formula is C31H32N2O8S. The van der Waals surface area contributed by atoms with Crippen LogP contribution in [0.4, 0.5) is 5.13 Å². The summed E-state index contributed by atoms with van der Waals surface area (Å²) in [6, 6.07) is 10.5. The van der Waals surface area contributed by atoms with Gasteiger partial charge in [-0.05, 0) is 55.3 Å². The van der Waals surface area contributed by atoms with E-state index >= 15 is 0 Å². The number of aromatic nitrogens is 1. The molecule has 0 unspecified atom stereocenters. The molecule has 1 aliphatic rings. The molecule has 0 saturated carbocycles. The Bertz CT molecular complexity index is 1530. The van der Waals surface area contributed by atoms with Gasteiger partial charge in [0.05, 0.1) is 38.1 Å². The molecule has 0 bridgehead atoms. The van der Waals surface area contributed by atoms with E-state index < -0.39 is 23.7 Å². The first-order valence-corrected chi connectivity index (χ1v) is 14.1. The SMILES string of the molecule is C=CCOc1ccc([C@@H]2C(=C(O)c3ccc(OCCCC)cc3)C(=O)C(=O)N2c2nc(C)c(C(=O)OC)s2)cc1OC. The van der Waals surface area contributed by atoms with Crippen molar-refractivity contribution in [3.05, 3.63) is 82.4 Å². The van der Waals surface area contributed by atoms with Gasteiger partial charge in [-0.1, -0.05) is 43.4 Å². The number of esters is 1. The van der Waals surface area contributed by atoms with Gasteiger partial charge >= 0.3 is 11.9 Å². The fourth-order valence-electron chi connectivity index (χ4n) is 4.43. The van der Waals surface area contributed by atoms with Crippen LogP contribution in [0.2, 0.25) is 0 Å². The molecule has 3 aromatic rings. The smallest absolute Gasteiger partial charge is 0.350 e. The van der Waals surface area contributed by atoms with Crippen LogP contribution in [-0.2, 0) is 14.3 Å². The largest absolute Gasteiger partial charge is 0.507 e. The number of anilines is 1. The number of ketones is 1. The lowest BCUT2D eigenvalue weighted by Crippen LogP contribution is -2.29. The molecule has 220 valence electrons. The number of benzene rings is 2. The Hall–Kier alpha value is -4.64. The summed E-state index contributed by atoms with van der Waals surface area (Å²) in [6.45, 7) is 8.12. The van der Waals surface area contributed by atoms with Crippen molar-refractivity contribution in [2.45, 2.75) is 32.7 Å². The van der Waals surface area contributed by atoms with Crippen LogP contribution in [-0.4, -0.2) is 55.2 Å². The molecule has 1 aromatic heterocycles. The van der Waals surface area contributed by atoms with Gasteiger partial charge in [0.25, 0.3) is 5.78 Å². The van der Waals surface area contributed by atoms with Gasteiger partial charge in [-0.15, -0.1) is 0 Å². The number of nitrogens with zero attached hydrogens (tertiary/aromatic N) is 2. The fraction of sp³-hybridized carbons (Fsp3) is 0.290. The van der Waals surface area contributed by atoms with Crippen molar-refractivity contribution in [3.8, 4) is 17.2 Å². The van der Waals surface area contributed by atoms with Gasteiger partial charge in [0.2, 0.25) is 0 Å². The molecule has 2 aromatic carbocycles. The van der Waals surface area contributed by atoms with Gasteiger partial charge in [-0.3, -0.25) is 14.5 Å². The van der Waals surface area contributed by atoms with Crippen molar-refractivity contribution < 1.29 is 38.4 Å². The number of amides is 1. The zero-order valence-corrected chi connectivity index (χ0v) is 24.7. The molecule has 42 heavy (non-hydrogen) atoms. The van der Waals surface area contributed by atoms with Gasteiger partial charge in [-0.2, -0.15) is 0 Å². The lowest BCUT2D eigenvalue weighted by Gasteiger charge is -2.24. The van der Waals surface area contributed by atoms with Crippen molar-refractivity contribution in [3.63, 3.8) is 0 Å². The highest BCUT2D eigenvalue weighted by Gasteiger charge is 2.48. The third-order valence-corrected chi connectivity index (χ3v) is 7.70. The van der Waals surface area contributed by atoms with Crippen LogP contribution in [0, 0.1) is 6.92 Å². The van der Waals surface area contributed by atoms with Crippen LogP contribution in [0.1, 0.15) is 52.3 Å². The molecule has 1 N–H and O–H groups in total. The van der Waals surface area contributed by atoms with Gasteiger partial charge in [0.1, 0.15) is 23.0 Å². The lowest BCUT2D eigenvalue weighted by atomic mass is 9.95. The van der Waals surface area contributed by atoms with Crippen molar-refractivity contribution in [2.75, 3.05) is 32.3 Å². The highest BCUT2D eigenvalue weighted by molar-refractivity contribution is 7.17. The molecule has 11 heteroatoms. The molecule has 0 radical (unpaired) electrons. The van der Waals surface area contributed by atoms with E-state index in [2.05, 4.69) is 18.5 Å². The third kappa shape index (κ3) is 6.01. The normalized spacial score (nSPS) is 15.9. The predicted octanol–water partition coefficient (Wildman–Crippen LogP) is 5.62. The minimum absolute atomic E-state index is 0.102. The lowest BCUT2D eigenvalue weighted by molar-refractivity contribution is -0.132. The number of hydrogen-bond donors (Lipinski definition) is 1. The topological polar surface area (TPSA) is 124 Å². The zero-order valence-electron chi connectivity index (χ0n) is 23.8. The van der Waals surface area contributed by atoms with Crippen LogP contribution in [0.3, 0.4) is 0 Å². The molecule has 1 atom stereocenters. The molecule has 10 nitrogen and oxygen atoms in total. The number of methoxy groups -OCH3 is 2. The van der Waals surface area contributed by atoms with E-state index in [1.165, 1.54) is 19.1 Å². The minimum atomic E-state index is -1.09. The second-order valence-corrected chi connectivity index (χ2v) is 10.3. The van der Waals surface area contributed by atoms with Crippen molar-refractivity contribution >= 4 is 39.9 Å². The standard InChI is InChI=1S/C31H32N2O8S/c1-6-8-16-40-21-12-9-19(10-13-21)26(34)24-25(20-11-14-22(41-15-7-2)23(17-20)38-4)33(29(36)27(24)35)31-32-18(3)28(42-31)30(37)39-5/h7,9-14,17,25,34H,2,6,8,15-16H2,1,3-5H3/t25-/m1/s1. The molecule has 1 fully saturated rings. The molecule has 1 amide bonds. The summed E-state index contributed by atoms with van der Waals surface area (Å²) in [5.74, 6) is -1.40. The van der Waals surface area contributed by atoms with Crippen LogP contribution >= 0.6 is 11.3 Å². The minimum Gasteiger partial charge on any atom is -0.507 e. The summed E-state index contributed by atoms with van der Waals surface area (Å²) in [7, 11) is 2.71. The van der Waals surface area contributed by atoms with Gasteiger partial charge < -0.3 is 24.1 Å². The Morgan fingerprint density at radius 1 is 1.12 bits per heavy atom. The summed E-state index contributed by atoms with van der Waals surface area (Å²) in [5, 5.41) is 11.6. The molecule has 0 spiro atoms. The van der Waals surface area contributed by atoms with Crippen LogP contribution in [0.5, 0.6) is 17.2 Å². The summed E-state index contributed by atoms with van der Waals surface area (Å²) < 4.78 is 21.8. The molecule has 0 aliphatic carbocycles. The van der Waals surface area contributed by atoms with E-state index in [1.807, 2.05) is 0 Å². The number of aliphatic hydroxyl groups is 1. The number of ether oxygens (including phenoxy) is 4. The Morgan fingerprint density at radius 3 is 2.50 bits per heavy atom. The first kappa shape index (κ1) is 30.3. The van der Waals surface area contributed by atoms with E-state index in [0.717, 1.165) is 24.2 Å². The number of aryl methyl sites for hydroxylation is 1. The highest BCUT2D eigenvalue weighted by Crippen LogP contribution is 2.45. The van der Waals surface area contributed by atoms with Crippen molar-refractivity contribution in [1.82, 2.24) is 4.98 Å². The van der Waals surface area contributed by atoms with Crippen LogP contribution < -0.4 is 19.1 Å². The Labute approximate surface area is 247 Å². The number of carbonyl (C=O) groups excluding carboxylic acids is 3. The molecule has 4 rings (SSSR count). The number of unbranched alkanes of at least 4 members (excludes halogenated alkanes) is 1. The maximum atomic E-state index is 13.6. The number of hydrogen-bond acceptors (Lipinski definition) is 10. The van der Waals surface area contributed by atoms with Gasteiger partial charge in [0, 0.05) is 5.56 Å². The predicted molar refractivity (Wildman–Crippen MR) is 159 cm³/mol. The molecule has 1 saturated heterocycles. The number of carbonyl (C=O) groups is 3. The highest BCUT2D eigenvalue weighted by atomic mass is 32.1. The summed E-state index contributed by atoms with van der Waals surface area (Å²) in [6.07, 6.45) is 3.48. The number of Topliss-reactive ketones (excluding diaryl/α,β-unsaturated/α-hetero) is 1. The summed E-state index contributed by atoms with van der Waals surface area (Å²) in [5.41, 5.74) is 0.968. The second-order valence-electron chi connectivity index (χ2n) is 9.31. The van der Waals surface area contributed by atoms with Gasteiger partial charge in [0.15, 0.2) is 16.6 Å². The first-order chi connectivity index (χ1) is 20.2. The maximum Gasteiger partial charge on any atom is 0.350 e. The summed E-state index contributed by atoms with van der Waals surface area (Å²) in [4.78, 5) is 45.2. The van der Waals surface area contributed by atoms with E-state index in [4.69, 9.17) is 18.9 Å². The Morgan fingerprint density at radius 2 is 1.86 bits per heavy atom. The Balaban J connectivity index is 1.86. The quantitative estimate of drug-likeness (QED) is 0.0713. The molecular weight excluding hydrogens is 560 g/mol. The maximum absolute atomic E-state index is 13.6. The van der Waals surface area contributed by atoms with E-state index in [-0.39, 0.29) is 27.9 Å². The molecule has 1 aliphatic heterocycles. The van der Waals surface area contributed by atoms with E-state index in [1.54, 1.807) is 55.5 Å². The summed E-state index contributed by atoms with van der Waals surface area (Å²) >= 11 is 0.918. The number of thiazole rings is 1. The second kappa shape index (κ2) is 13.3. The van der Waals surface area contributed by atoms with Crippen molar-refractivity contribution in [1.29, 1.82) is 0 Å². The molecule has 2 heterocycles. The van der Waals surface area contributed by atoms with Crippen molar-refractivity contribution in [2.24, 2.45) is 0 Å². The third-order valence-electron chi connectivity index (χ3n) is 6.56. The van der Waals surface area contributed by atoms with Gasteiger partial charge in [-0.25, -0.2) is 9.78 Å². The Kier molecular flexibility index (Phi) is 9.64. The van der Waals surface area contributed by atoms with Crippen LogP contribution in [0.25, 0.3) is 5.76 Å². The van der Waals surface area contributed by atoms with E-state index in [9.17, 15) is 19.5 Å². The average molecular weight is 593 g/mol. The zero-order chi connectivity index (χ0) is 30.4.